The van der Waals surface area contributed by atoms with Crippen LogP contribution in [-0.4, -0.2) is 49.0 Å². The average Bonchev–Trinajstić information content (AvgIpc) is 1.96. The summed E-state index contributed by atoms with van der Waals surface area (Å²) >= 11 is 0. The number of hydrogen-bond acceptors (Lipinski definition) is 3. The Bertz CT molecular complexity index is 228. The summed E-state index contributed by atoms with van der Waals surface area (Å²) in [5.41, 5.74) is 0.337. The molecular formula is C10H20NO3+. The number of nitrogens with zero attached hydrogens (tertiary/aromatic N) is 1. The monoisotopic (exact) mass is 202 g/mol. The Labute approximate surface area is 85.4 Å². The van der Waals surface area contributed by atoms with Gasteiger partial charge in [0.1, 0.15) is 6.10 Å². The van der Waals surface area contributed by atoms with Gasteiger partial charge in [0, 0.05) is 5.57 Å². The normalized spacial score (nSPS) is 15.9. The van der Waals surface area contributed by atoms with Crippen molar-refractivity contribution in [3.05, 3.63) is 12.2 Å². The first-order valence-corrected chi connectivity index (χ1v) is 4.52. The van der Waals surface area contributed by atoms with Gasteiger partial charge in [0.05, 0.1) is 21.1 Å². The highest BCUT2D eigenvalue weighted by molar-refractivity contribution is 5.87. The number of carbonyl (C=O) groups is 1. The fourth-order valence-corrected chi connectivity index (χ4v) is 1.11. The molecule has 0 rings (SSSR count). The zero-order valence-corrected chi connectivity index (χ0v) is 9.57. The Hall–Kier alpha value is -0.870. The topological polar surface area (TPSA) is 46.5 Å². The van der Waals surface area contributed by atoms with Gasteiger partial charge in [0.15, 0.2) is 0 Å². The van der Waals surface area contributed by atoms with E-state index in [1.54, 1.807) is 13.8 Å². The first-order valence-electron chi connectivity index (χ1n) is 4.52. The summed E-state index contributed by atoms with van der Waals surface area (Å²) in [5, 5.41) is 9.46. The number of likely N-dealkylation sites (N-methyl/N-ethyl adjacent to an activating group) is 1. The van der Waals surface area contributed by atoms with Crippen LogP contribution in [0.25, 0.3) is 0 Å². The fourth-order valence-electron chi connectivity index (χ4n) is 1.11. The molecule has 0 heterocycles. The standard InChI is InChI=1S/C10H20NO3/c1-7(2)10(13)14-9(8(3)12)11(4,5)6/h8-9,12H,1H2,2-6H3/q+1. The van der Waals surface area contributed by atoms with Crippen LogP contribution in [-0.2, 0) is 9.53 Å². The van der Waals surface area contributed by atoms with Crippen molar-refractivity contribution in [1.29, 1.82) is 0 Å². The molecule has 0 bridgehead atoms. The lowest BCUT2D eigenvalue weighted by molar-refractivity contribution is -0.920. The number of aliphatic hydroxyl groups is 1. The van der Waals surface area contributed by atoms with Crippen LogP contribution in [0.4, 0.5) is 0 Å². The van der Waals surface area contributed by atoms with Crippen molar-refractivity contribution >= 4 is 5.97 Å². The molecule has 0 amide bonds. The summed E-state index contributed by atoms with van der Waals surface area (Å²) in [4.78, 5) is 11.3. The van der Waals surface area contributed by atoms with Crippen LogP contribution >= 0.6 is 0 Å². The third kappa shape index (κ3) is 3.89. The molecule has 0 fully saturated rings. The van der Waals surface area contributed by atoms with E-state index in [1.807, 2.05) is 21.1 Å². The maximum Gasteiger partial charge on any atom is 0.337 e. The SMILES string of the molecule is C=C(C)C(=O)OC(C(C)O)[N+](C)(C)C. The third-order valence-electron chi connectivity index (χ3n) is 1.75. The number of quaternary nitrogens is 1. The van der Waals surface area contributed by atoms with Gasteiger partial charge in [-0.05, 0) is 13.8 Å². The summed E-state index contributed by atoms with van der Waals surface area (Å²) in [6.45, 7) is 6.66. The summed E-state index contributed by atoms with van der Waals surface area (Å²) in [5.74, 6) is -0.469. The maximum absolute atomic E-state index is 11.3. The van der Waals surface area contributed by atoms with Crippen molar-refractivity contribution in [2.45, 2.75) is 26.2 Å². The number of rotatable bonds is 4. The van der Waals surface area contributed by atoms with Gasteiger partial charge < -0.3 is 9.84 Å². The summed E-state index contributed by atoms with van der Waals surface area (Å²) in [6.07, 6.45) is -1.28. The Morgan fingerprint density at radius 1 is 1.43 bits per heavy atom. The van der Waals surface area contributed by atoms with Crippen molar-refractivity contribution in [3.8, 4) is 0 Å². The first kappa shape index (κ1) is 13.1. The van der Waals surface area contributed by atoms with Crippen LogP contribution < -0.4 is 0 Å². The van der Waals surface area contributed by atoms with E-state index in [9.17, 15) is 9.90 Å². The molecule has 4 heteroatoms. The van der Waals surface area contributed by atoms with Crippen molar-refractivity contribution < 1.29 is 19.1 Å². The number of carbonyl (C=O) groups excluding carboxylic acids is 1. The fraction of sp³-hybridized carbons (Fsp3) is 0.700. The van der Waals surface area contributed by atoms with Crippen LogP contribution in [0, 0.1) is 0 Å². The van der Waals surface area contributed by atoms with Crippen LogP contribution in [0.1, 0.15) is 13.8 Å². The molecule has 0 radical (unpaired) electrons. The highest BCUT2D eigenvalue weighted by atomic mass is 16.6. The van der Waals surface area contributed by atoms with Gasteiger partial charge in [-0.1, -0.05) is 6.58 Å². The molecular weight excluding hydrogens is 182 g/mol. The second kappa shape index (κ2) is 4.57. The lowest BCUT2D eigenvalue weighted by atomic mass is 10.3. The van der Waals surface area contributed by atoms with Crippen LogP contribution in [0.2, 0.25) is 0 Å². The molecule has 2 unspecified atom stereocenters. The van der Waals surface area contributed by atoms with Gasteiger partial charge in [-0.2, -0.15) is 0 Å². The van der Waals surface area contributed by atoms with Gasteiger partial charge >= 0.3 is 5.97 Å². The average molecular weight is 202 g/mol. The zero-order chi connectivity index (χ0) is 11.5. The van der Waals surface area contributed by atoms with Crippen molar-refractivity contribution in [3.63, 3.8) is 0 Å². The van der Waals surface area contributed by atoms with Crippen molar-refractivity contribution in [1.82, 2.24) is 0 Å². The molecule has 82 valence electrons. The Kier molecular flexibility index (Phi) is 4.29. The lowest BCUT2D eigenvalue weighted by Gasteiger charge is -2.34. The Balaban J connectivity index is 4.56. The molecule has 0 aromatic heterocycles. The molecule has 0 saturated heterocycles. The second-order valence-corrected chi connectivity index (χ2v) is 4.43. The van der Waals surface area contributed by atoms with Gasteiger partial charge in [-0.25, -0.2) is 4.79 Å². The van der Waals surface area contributed by atoms with E-state index in [1.165, 1.54) is 0 Å². The largest absolute Gasteiger partial charge is 0.406 e. The summed E-state index contributed by atoms with van der Waals surface area (Å²) < 4.78 is 5.48. The molecule has 2 atom stereocenters. The van der Waals surface area contributed by atoms with E-state index in [0.717, 1.165) is 0 Å². The number of hydrogen-bond donors (Lipinski definition) is 1. The first-order chi connectivity index (χ1) is 6.16. The molecule has 4 nitrogen and oxygen atoms in total. The Morgan fingerprint density at radius 2 is 1.86 bits per heavy atom. The Morgan fingerprint density at radius 3 is 2.07 bits per heavy atom. The number of esters is 1. The quantitative estimate of drug-likeness (QED) is 0.313. The second-order valence-electron chi connectivity index (χ2n) is 4.43. The third-order valence-corrected chi connectivity index (χ3v) is 1.75. The minimum atomic E-state index is -0.710. The van der Waals surface area contributed by atoms with Gasteiger partial charge in [-0.15, -0.1) is 0 Å². The highest BCUT2D eigenvalue weighted by Crippen LogP contribution is 2.11. The smallest absolute Gasteiger partial charge is 0.337 e. The van der Waals surface area contributed by atoms with E-state index in [4.69, 9.17) is 4.74 Å². The van der Waals surface area contributed by atoms with E-state index in [2.05, 4.69) is 6.58 Å². The van der Waals surface area contributed by atoms with Gasteiger partial charge in [0.25, 0.3) is 6.23 Å². The molecule has 0 saturated carbocycles. The molecule has 14 heavy (non-hydrogen) atoms. The number of aliphatic hydroxyl groups excluding tert-OH is 1. The molecule has 0 spiro atoms. The van der Waals surface area contributed by atoms with E-state index in [0.29, 0.717) is 10.1 Å². The minimum Gasteiger partial charge on any atom is -0.406 e. The molecule has 0 aromatic rings. The molecule has 1 N–H and O–H groups in total. The van der Waals surface area contributed by atoms with Crippen molar-refractivity contribution in [2.24, 2.45) is 0 Å². The number of ether oxygens (including phenoxy) is 1. The predicted octanol–water partition coefficient (Wildman–Crippen LogP) is 0.519. The van der Waals surface area contributed by atoms with Gasteiger partial charge in [-0.3, -0.25) is 4.48 Å². The van der Waals surface area contributed by atoms with Gasteiger partial charge in [0.2, 0.25) is 0 Å². The van der Waals surface area contributed by atoms with Crippen LogP contribution in [0.3, 0.4) is 0 Å². The van der Waals surface area contributed by atoms with Crippen LogP contribution in [0.15, 0.2) is 12.2 Å². The summed E-state index contributed by atoms with van der Waals surface area (Å²) in [6, 6.07) is 0. The lowest BCUT2D eigenvalue weighted by Crippen LogP contribution is -2.53. The van der Waals surface area contributed by atoms with E-state index in [-0.39, 0.29) is 0 Å². The van der Waals surface area contributed by atoms with E-state index >= 15 is 0 Å². The van der Waals surface area contributed by atoms with Crippen LogP contribution in [0.5, 0.6) is 0 Å². The minimum absolute atomic E-state index is 0.337. The van der Waals surface area contributed by atoms with E-state index < -0.39 is 18.3 Å². The molecule has 0 aromatic carbocycles. The highest BCUT2D eigenvalue weighted by Gasteiger charge is 2.32. The molecule has 0 aliphatic rings. The zero-order valence-electron chi connectivity index (χ0n) is 9.57. The van der Waals surface area contributed by atoms with Crippen molar-refractivity contribution in [2.75, 3.05) is 21.1 Å². The predicted molar refractivity (Wildman–Crippen MR) is 54.4 cm³/mol. The molecule has 0 aliphatic carbocycles. The molecule has 0 aliphatic heterocycles. The summed E-state index contributed by atoms with van der Waals surface area (Å²) in [7, 11) is 5.55. The maximum atomic E-state index is 11.3.